The Balaban J connectivity index is 1.34. The molecular weight excluding hydrogens is 312 g/mol. The number of piperidine rings is 1. The number of ether oxygens (including phenoxy) is 1. The Morgan fingerprint density at radius 2 is 2.17 bits per heavy atom. The molecule has 1 fully saturated rings. The molecule has 1 N–H and O–H groups in total. The van der Waals surface area contributed by atoms with Crippen molar-refractivity contribution >= 4 is 17.2 Å². The fourth-order valence-electron chi connectivity index (χ4n) is 3.03. The zero-order chi connectivity index (χ0) is 15.6. The molecule has 1 saturated heterocycles. The second kappa shape index (κ2) is 6.25. The molecule has 0 atom stereocenters. The summed E-state index contributed by atoms with van der Waals surface area (Å²) in [5.41, 5.74) is 1.28. The van der Waals surface area contributed by atoms with E-state index in [1.54, 1.807) is 29.9 Å². The van der Waals surface area contributed by atoms with Gasteiger partial charge in [-0.1, -0.05) is 0 Å². The largest absolute Gasteiger partial charge is 0.473 e. The third kappa shape index (κ3) is 3.07. The molecule has 2 aromatic heterocycles. The van der Waals surface area contributed by atoms with Gasteiger partial charge in [0.1, 0.15) is 6.10 Å². The van der Waals surface area contributed by atoms with Crippen LogP contribution in [0.5, 0.6) is 5.88 Å². The standard InChI is InChI=1S/C16H18N4O2S/c21-16(13-7-11-8-18-9-14(11)23-13)20-5-1-12(2-6-20)22-15-10-17-3-4-19-15/h3-4,7,10,12,18H,1-2,5-6,8-9H2. The minimum atomic E-state index is 0.105. The molecule has 4 heterocycles. The summed E-state index contributed by atoms with van der Waals surface area (Å²) >= 11 is 1.62. The lowest BCUT2D eigenvalue weighted by Gasteiger charge is -2.31. The van der Waals surface area contributed by atoms with Crippen LogP contribution in [0.3, 0.4) is 0 Å². The van der Waals surface area contributed by atoms with Gasteiger partial charge in [0, 0.05) is 56.3 Å². The van der Waals surface area contributed by atoms with E-state index in [4.69, 9.17) is 4.74 Å². The number of thiophene rings is 1. The van der Waals surface area contributed by atoms with Gasteiger partial charge in [0.2, 0.25) is 5.88 Å². The highest BCUT2D eigenvalue weighted by Gasteiger charge is 2.27. The second-order valence-electron chi connectivity index (χ2n) is 5.82. The van der Waals surface area contributed by atoms with Crippen LogP contribution in [-0.4, -0.2) is 40.0 Å². The number of fused-ring (bicyclic) bond motifs is 1. The number of amides is 1. The number of rotatable bonds is 3. The van der Waals surface area contributed by atoms with Crippen molar-refractivity contribution in [2.75, 3.05) is 13.1 Å². The van der Waals surface area contributed by atoms with Crippen LogP contribution in [0.4, 0.5) is 0 Å². The van der Waals surface area contributed by atoms with Crippen molar-refractivity contribution in [1.29, 1.82) is 0 Å². The number of nitrogens with zero attached hydrogens (tertiary/aromatic N) is 3. The van der Waals surface area contributed by atoms with Crippen LogP contribution in [0, 0.1) is 0 Å². The number of hydrogen-bond donors (Lipinski definition) is 1. The highest BCUT2D eigenvalue weighted by atomic mass is 32.1. The fourth-order valence-corrected chi connectivity index (χ4v) is 4.15. The Kier molecular flexibility index (Phi) is 3.97. The highest BCUT2D eigenvalue weighted by Crippen LogP contribution is 2.28. The number of hydrogen-bond acceptors (Lipinski definition) is 6. The van der Waals surface area contributed by atoms with Crippen LogP contribution in [0.25, 0.3) is 0 Å². The van der Waals surface area contributed by atoms with Crippen molar-refractivity contribution in [3.63, 3.8) is 0 Å². The first-order valence-corrected chi connectivity index (χ1v) is 8.65. The quantitative estimate of drug-likeness (QED) is 0.930. The fraction of sp³-hybridized carbons (Fsp3) is 0.438. The zero-order valence-corrected chi connectivity index (χ0v) is 13.5. The Morgan fingerprint density at radius 3 is 2.91 bits per heavy atom. The van der Waals surface area contributed by atoms with E-state index >= 15 is 0 Å². The topological polar surface area (TPSA) is 67.4 Å². The van der Waals surface area contributed by atoms with Gasteiger partial charge < -0.3 is 15.0 Å². The zero-order valence-electron chi connectivity index (χ0n) is 12.7. The second-order valence-corrected chi connectivity index (χ2v) is 6.95. The highest BCUT2D eigenvalue weighted by molar-refractivity contribution is 7.14. The summed E-state index contributed by atoms with van der Waals surface area (Å²) < 4.78 is 5.82. The monoisotopic (exact) mass is 330 g/mol. The van der Waals surface area contributed by atoms with E-state index in [-0.39, 0.29) is 12.0 Å². The first kappa shape index (κ1) is 14.6. The van der Waals surface area contributed by atoms with Gasteiger partial charge in [-0.3, -0.25) is 9.78 Å². The van der Waals surface area contributed by atoms with Gasteiger partial charge in [0.25, 0.3) is 5.91 Å². The van der Waals surface area contributed by atoms with Crippen molar-refractivity contribution in [1.82, 2.24) is 20.2 Å². The van der Waals surface area contributed by atoms with E-state index in [9.17, 15) is 4.79 Å². The van der Waals surface area contributed by atoms with Crippen LogP contribution in [0.15, 0.2) is 24.7 Å². The third-order valence-electron chi connectivity index (χ3n) is 4.26. The summed E-state index contributed by atoms with van der Waals surface area (Å²) in [6.45, 7) is 3.23. The molecule has 2 aliphatic heterocycles. The lowest BCUT2D eigenvalue weighted by atomic mass is 10.1. The van der Waals surface area contributed by atoms with Crippen molar-refractivity contribution in [3.8, 4) is 5.88 Å². The normalized spacial score (nSPS) is 18.0. The number of carbonyl (C=O) groups excluding carboxylic acids is 1. The van der Waals surface area contributed by atoms with Gasteiger partial charge in [-0.05, 0) is 11.6 Å². The first-order chi connectivity index (χ1) is 11.3. The molecular formula is C16H18N4O2S. The molecule has 0 aromatic carbocycles. The van der Waals surface area contributed by atoms with Gasteiger partial charge in [-0.15, -0.1) is 11.3 Å². The number of likely N-dealkylation sites (tertiary alicyclic amines) is 1. The molecule has 0 spiro atoms. The molecule has 7 heteroatoms. The van der Waals surface area contributed by atoms with Crippen molar-refractivity contribution in [2.24, 2.45) is 0 Å². The average molecular weight is 330 g/mol. The predicted molar refractivity (Wildman–Crippen MR) is 86.4 cm³/mol. The Morgan fingerprint density at radius 1 is 1.30 bits per heavy atom. The molecule has 0 unspecified atom stereocenters. The maximum Gasteiger partial charge on any atom is 0.263 e. The summed E-state index contributed by atoms with van der Waals surface area (Å²) in [4.78, 5) is 24.9. The number of carbonyl (C=O) groups is 1. The molecule has 2 aliphatic rings. The van der Waals surface area contributed by atoms with Gasteiger partial charge in [0.05, 0.1) is 11.1 Å². The molecule has 0 saturated carbocycles. The summed E-state index contributed by atoms with van der Waals surface area (Å²) in [6, 6.07) is 2.05. The Bertz CT molecular complexity index is 674. The molecule has 1 amide bonds. The first-order valence-electron chi connectivity index (χ1n) is 7.84. The predicted octanol–water partition coefficient (Wildman–Crippen LogP) is 1.82. The van der Waals surface area contributed by atoms with Gasteiger partial charge in [0.15, 0.2) is 0 Å². The summed E-state index contributed by atoms with van der Waals surface area (Å²) in [6.07, 6.45) is 6.64. The van der Waals surface area contributed by atoms with Crippen molar-refractivity contribution in [3.05, 3.63) is 40.0 Å². The van der Waals surface area contributed by atoms with Crippen LogP contribution >= 0.6 is 11.3 Å². The Labute approximate surface area is 138 Å². The van der Waals surface area contributed by atoms with Gasteiger partial charge in [-0.2, -0.15) is 0 Å². The van der Waals surface area contributed by atoms with E-state index in [1.165, 1.54) is 10.4 Å². The van der Waals surface area contributed by atoms with Crippen LogP contribution < -0.4 is 10.1 Å². The maximum absolute atomic E-state index is 12.6. The molecule has 120 valence electrons. The molecule has 6 nitrogen and oxygen atoms in total. The van der Waals surface area contributed by atoms with Crippen LogP contribution in [0.1, 0.15) is 33.0 Å². The molecule has 0 aliphatic carbocycles. The SMILES string of the molecule is O=C(c1cc2c(s1)CNC2)N1CCC(Oc2cnccn2)CC1. The smallest absolute Gasteiger partial charge is 0.263 e. The number of aromatic nitrogens is 2. The van der Waals surface area contributed by atoms with E-state index in [0.29, 0.717) is 5.88 Å². The molecule has 2 aromatic rings. The average Bonchev–Trinajstić information content (AvgIpc) is 3.17. The van der Waals surface area contributed by atoms with Crippen molar-refractivity contribution in [2.45, 2.75) is 32.0 Å². The Hall–Kier alpha value is -1.99. The third-order valence-corrected chi connectivity index (χ3v) is 5.43. The molecule has 23 heavy (non-hydrogen) atoms. The minimum absolute atomic E-state index is 0.105. The molecule has 0 radical (unpaired) electrons. The van der Waals surface area contributed by atoms with Gasteiger partial charge in [-0.25, -0.2) is 4.98 Å². The van der Waals surface area contributed by atoms with E-state index in [0.717, 1.165) is 43.9 Å². The van der Waals surface area contributed by atoms with E-state index < -0.39 is 0 Å². The van der Waals surface area contributed by atoms with E-state index in [1.807, 2.05) is 11.0 Å². The summed E-state index contributed by atoms with van der Waals surface area (Å²) in [7, 11) is 0. The summed E-state index contributed by atoms with van der Waals surface area (Å²) in [5.74, 6) is 0.710. The van der Waals surface area contributed by atoms with Crippen LogP contribution in [-0.2, 0) is 13.1 Å². The van der Waals surface area contributed by atoms with Crippen molar-refractivity contribution < 1.29 is 9.53 Å². The molecule has 4 rings (SSSR count). The maximum atomic E-state index is 12.6. The van der Waals surface area contributed by atoms with Gasteiger partial charge >= 0.3 is 0 Å². The lowest BCUT2D eigenvalue weighted by Crippen LogP contribution is -2.41. The summed E-state index contributed by atoms with van der Waals surface area (Å²) in [5, 5.41) is 3.30. The molecule has 0 bridgehead atoms. The number of nitrogens with one attached hydrogen (secondary N) is 1. The lowest BCUT2D eigenvalue weighted by molar-refractivity contribution is 0.0591. The van der Waals surface area contributed by atoms with E-state index in [2.05, 4.69) is 15.3 Å². The van der Waals surface area contributed by atoms with Crippen LogP contribution in [0.2, 0.25) is 0 Å². The minimum Gasteiger partial charge on any atom is -0.473 e.